The highest BCUT2D eigenvalue weighted by Gasteiger charge is 2.21. The summed E-state index contributed by atoms with van der Waals surface area (Å²) in [6, 6.07) is 17.8. The molecular formula is C24H23N3O2S. The van der Waals surface area contributed by atoms with Crippen molar-refractivity contribution in [2.45, 2.75) is 32.3 Å². The van der Waals surface area contributed by atoms with Crippen molar-refractivity contribution >= 4 is 33.2 Å². The zero-order valence-corrected chi connectivity index (χ0v) is 17.7. The van der Waals surface area contributed by atoms with Crippen LogP contribution in [-0.4, -0.2) is 9.55 Å². The number of hydrogen-bond acceptors (Lipinski definition) is 5. The van der Waals surface area contributed by atoms with Gasteiger partial charge in [-0.25, -0.2) is 4.98 Å². The molecule has 0 spiro atoms. The minimum Gasteiger partial charge on any atom is -0.489 e. The van der Waals surface area contributed by atoms with Crippen LogP contribution in [0.25, 0.3) is 10.2 Å². The van der Waals surface area contributed by atoms with Crippen LogP contribution < -0.4 is 15.6 Å². The summed E-state index contributed by atoms with van der Waals surface area (Å²) in [5.41, 5.74) is 3.18. The molecule has 0 amide bonds. The second-order valence-electron chi connectivity index (χ2n) is 7.62. The summed E-state index contributed by atoms with van der Waals surface area (Å²) < 4.78 is 7.47. The molecule has 0 saturated heterocycles. The third kappa shape index (κ3) is 3.59. The molecule has 4 aromatic rings. The van der Waals surface area contributed by atoms with Crippen LogP contribution in [0, 0.1) is 0 Å². The van der Waals surface area contributed by atoms with Crippen molar-refractivity contribution in [2.75, 3.05) is 5.32 Å². The highest BCUT2D eigenvalue weighted by molar-refractivity contribution is 7.18. The fourth-order valence-electron chi connectivity index (χ4n) is 3.95. The fourth-order valence-corrected chi connectivity index (χ4v) is 5.20. The van der Waals surface area contributed by atoms with Gasteiger partial charge in [-0.2, -0.15) is 0 Å². The Balaban J connectivity index is 1.41. The van der Waals surface area contributed by atoms with Gasteiger partial charge in [-0.05, 0) is 61.1 Å². The number of nitrogens with one attached hydrogen (secondary N) is 1. The minimum absolute atomic E-state index is 0.0328. The average molecular weight is 418 g/mol. The van der Waals surface area contributed by atoms with Crippen LogP contribution in [0.2, 0.25) is 0 Å². The van der Waals surface area contributed by atoms with Gasteiger partial charge in [0.05, 0.1) is 5.39 Å². The molecular weight excluding hydrogens is 394 g/mol. The summed E-state index contributed by atoms with van der Waals surface area (Å²) in [5, 5.41) is 4.14. The predicted octanol–water partition coefficient (Wildman–Crippen LogP) is 5.20. The van der Waals surface area contributed by atoms with Gasteiger partial charge in [0.15, 0.2) is 0 Å². The maximum Gasteiger partial charge on any atom is 0.263 e. The number of hydrogen-bond donors (Lipinski definition) is 1. The lowest BCUT2D eigenvalue weighted by Crippen LogP contribution is -2.21. The number of ether oxygens (including phenoxy) is 1. The van der Waals surface area contributed by atoms with E-state index in [0.29, 0.717) is 12.6 Å². The first-order valence-corrected chi connectivity index (χ1v) is 11.1. The molecule has 5 rings (SSSR count). The van der Waals surface area contributed by atoms with Crippen LogP contribution in [0.4, 0.5) is 11.6 Å². The van der Waals surface area contributed by atoms with E-state index < -0.39 is 0 Å². The first-order valence-electron chi connectivity index (χ1n) is 10.2. The van der Waals surface area contributed by atoms with Crippen LogP contribution in [0.5, 0.6) is 5.75 Å². The highest BCUT2D eigenvalue weighted by atomic mass is 32.1. The molecule has 0 aliphatic heterocycles. The minimum atomic E-state index is 0.0328. The molecule has 0 bridgehead atoms. The van der Waals surface area contributed by atoms with Crippen molar-refractivity contribution in [1.82, 2.24) is 9.55 Å². The second kappa shape index (κ2) is 7.95. The van der Waals surface area contributed by atoms with Crippen molar-refractivity contribution in [3.05, 3.63) is 81.0 Å². The molecule has 1 N–H and O–H groups in total. The maximum absolute atomic E-state index is 13.1. The second-order valence-corrected chi connectivity index (χ2v) is 8.70. The van der Waals surface area contributed by atoms with Crippen molar-refractivity contribution in [2.24, 2.45) is 7.05 Å². The molecule has 0 saturated carbocycles. The lowest BCUT2D eigenvalue weighted by Gasteiger charge is -2.13. The molecule has 2 heterocycles. The Morgan fingerprint density at radius 1 is 1.10 bits per heavy atom. The topological polar surface area (TPSA) is 56.1 Å². The summed E-state index contributed by atoms with van der Waals surface area (Å²) in [6.45, 7) is 0.475. The molecule has 1 aliphatic rings. The number of anilines is 2. The fraction of sp³-hybridized carbons (Fsp3) is 0.250. The normalized spacial score (nSPS) is 13.2. The number of thiophene rings is 1. The Hall–Kier alpha value is -3.12. The molecule has 0 atom stereocenters. The molecule has 0 radical (unpaired) electrons. The molecule has 0 fully saturated rings. The van der Waals surface area contributed by atoms with Gasteiger partial charge >= 0.3 is 0 Å². The van der Waals surface area contributed by atoms with E-state index in [0.717, 1.165) is 46.5 Å². The van der Waals surface area contributed by atoms with Gasteiger partial charge in [-0.3, -0.25) is 9.36 Å². The molecule has 30 heavy (non-hydrogen) atoms. The summed E-state index contributed by atoms with van der Waals surface area (Å²) in [7, 11) is 1.78. The van der Waals surface area contributed by atoms with Crippen molar-refractivity contribution in [3.8, 4) is 5.75 Å². The number of rotatable bonds is 5. The van der Waals surface area contributed by atoms with Gasteiger partial charge < -0.3 is 10.1 Å². The lowest BCUT2D eigenvalue weighted by molar-refractivity contribution is 0.306. The number of para-hydroxylation sites is 1. The van der Waals surface area contributed by atoms with E-state index >= 15 is 0 Å². The summed E-state index contributed by atoms with van der Waals surface area (Å²) in [4.78, 5) is 20.0. The molecule has 0 unspecified atom stereocenters. The first-order chi connectivity index (χ1) is 14.7. The van der Waals surface area contributed by atoms with Gasteiger partial charge in [0.25, 0.3) is 5.56 Å². The largest absolute Gasteiger partial charge is 0.489 e. The molecule has 152 valence electrons. The monoisotopic (exact) mass is 417 g/mol. The molecule has 5 nitrogen and oxygen atoms in total. The third-order valence-electron chi connectivity index (χ3n) is 5.53. The van der Waals surface area contributed by atoms with Crippen LogP contribution >= 0.6 is 11.3 Å². The number of fused-ring (bicyclic) bond motifs is 3. The van der Waals surface area contributed by atoms with Crippen molar-refractivity contribution < 1.29 is 4.74 Å². The summed E-state index contributed by atoms with van der Waals surface area (Å²) in [5.74, 6) is 1.40. The SMILES string of the molecule is Cn1c(Nc2cccc(COc3ccccc3)c2)nc2sc3c(c2c1=O)CCCC3. The Morgan fingerprint density at radius 3 is 2.80 bits per heavy atom. The smallest absolute Gasteiger partial charge is 0.263 e. The van der Waals surface area contributed by atoms with Gasteiger partial charge in [0, 0.05) is 17.6 Å². The van der Waals surface area contributed by atoms with E-state index in [9.17, 15) is 4.79 Å². The van der Waals surface area contributed by atoms with E-state index in [1.165, 1.54) is 16.9 Å². The van der Waals surface area contributed by atoms with E-state index in [2.05, 4.69) is 5.32 Å². The van der Waals surface area contributed by atoms with Crippen molar-refractivity contribution in [1.29, 1.82) is 0 Å². The lowest BCUT2D eigenvalue weighted by atomic mass is 9.97. The summed E-state index contributed by atoms with van der Waals surface area (Å²) >= 11 is 1.67. The number of nitrogens with zero attached hydrogens (tertiary/aromatic N) is 2. The highest BCUT2D eigenvalue weighted by Crippen LogP contribution is 2.34. The third-order valence-corrected chi connectivity index (χ3v) is 6.71. The Morgan fingerprint density at radius 2 is 1.93 bits per heavy atom. The van der Waals surface area contributed by atoms with E-state index in [1.807, 2.05) is 54.6 Å². The maximum atomic E-state index is 13.1. The molecule has 6 heteroatoms. The molecule has 2 aromatic heterocycles. The molecule has 1 aliphatic carbocycles. The van der Waals surface area contributed by atoms with E-state index in [1.54, 1.807) is 23.0 Å². The number of aryl methyl sites for hydroxylation is 2. The Bertz CT molecular complexity index is 1260. The van der Waals surface area contributed by atoms with E-state index in [-0.39, 0.29) is 5.56 Å². The van der Waals surface area contributed by atoms with Gasteiger partial charge in [-0.1, -0.05) is 30.3 Å². The number of benzene rings is 2. The quantitative estimate of drug-likeness (QED) is 0.485. The first kappa shape index (κ1) is 18.9. The van der Waals surface area contributed by atoms with E-state index in [4.69, 9.17) is 9.72 Å². The van der Waals surface area contributed by atoms with Crippen LogP contribution in [0.1, 0.15) is 28.8 Å². The van der Waals surface area contributed by atoms with Gasteiger partial charge in [-0.15, -0.1) is 11.3 Å². The zero-order valence-electron chi connectivity index (χ0n) is 16.9. The summed E-state index contributed by atoms with van der Waals surface area (Å²) in [6.07, 6.45) is 4.40. The Labute approximate surface area is 179 Å². The van der Waals surface area contributed by atoms with Crippen LogP contribution in [0.3, 0.4) is 0 Å². The van der Waals surface area contributed by atoms with Crippen molar-refractivity contribution in [3.63, 3.8) is 0 Å². The van der Waals surface area contributed by atoms with Crippen LogP contribution in [0.15, 0.2) is 59.4 Å². The van der Waals surface area contributed by atoms with Gasteiger partial charge in [0.2, 0.25) is 5.95 Å². The predicted molar refractivity (Wildman–Crippen MR) is 122 cm³/mol. The van der Waals surface area contributed by atoms with Crippen LogP contribution in [-0.2, 0) is 26.5 Å². The standard InChI is InChI=1S/C24H23N3O2S/c1-27-23(28)21-19-12-5-6-13-20(19)30-22(21)26-24(27)25-17-9-7-8-16(14-17)15-29-18-10-3-2-4-11-18/h2-4,7-11,14H,5-6,12-13,15H2,1H3,(H,25,26). The molecule has 2 aromatic carbocycles. The average Bonchev–Trinajstić information content (AvgIpc) is 3.15. The Kier molecular flexibility index (Phi) is 5.01. The zero-order chi connectivity index (χ0) is 20.5. The number of aromatic nitrogens is 2. The van der Waals surface area contributed by atoms with Gasteiger partial charge in [0.1, 0.15) is 17.2 Å².